The summed E-state index contributed by atoms with van der Waals surface area (Å²) in [7, 11) is 0. The van der Waals surface area contributed by atoms with Crippen LogP contribution < -0.4 is 11.1 Å². The number of rotatable bonds is 5. The predicted octanol–water partition coefficient (Wildman–Crippen LogP) is 3.33. The van der Waals surface area contributed by atoms with Gasteiger partial charge in [-0.25, -0.2) is 4.39 Å². The molecule has 2 aromatic carbocycles. The molecule has 6 heteroatoms. The Morgan fingerprint density at radius 3 is 2.73 bits per heavy atom. The van der Waals surface area contributed by atoms with Gasteiger partial charge < -0.3 is 11.1 Å². The molecule has 4 nitrogen and oxygen atoms in total. The Kier molecular flexibility index (Phi) is 6.25. The van der Waals surface area contributed by atoms with Crippen molar-refractivity contribution >= 4 is 17.5 Å². The molecule has 1 heterocycles. The van der Waals surface area contributed by atoms with Gasteiger partial charge in [-0.15, -0.1) is 0 Å². The van der Waals surface area contributed by atoms with Crippen LogP contribution in [0.4, 0.5) is 4.39 Å². The van der Waals surface area contributed by atoms with E-state index in [1.807, 2.05) is 12.1 Å². The predicted molar refractivity (Wildman–Crippen MR) is 102 cm³/mol. The molecule has 26 heavy (non-hydrogen) atoms. The minimum absolute atomic E-state index is 0.0692. The number of nitrogens with two attached hydrogens (primary N) is 1. The molecule has 1 atom stereocenters. The van der Waals surface area contributed by atoms with Crippen LogP contribution in [0.15, 0.2) is 42.5 Å². The Morgan fingerprint density at radius 2 is 2.04 bits per heavy atom. The van der Waals surface area contributed by atoms with Crippen LogP contribution in [-0.4, -0.2) is 29.9 Å². The van der Waals surface area contributed by atoms with E-state index in [4.69, 9.17) is 17.3 Å². The van der Waals surface area contributed by atoms with Crippen molar-refractivity contribution in [2.75, 3.05) is 13.1 Å². The van der Waals surface area contributed by atoms with Crippen molar-refractivity contribution in [2.45, 2.75) is 32.0 Å². The number of hydrogen-bond donors (Lipinski definition) is 2. The maximum absolute atomic E-state index is 13.2. The van der Waals surface area contributed by atoms with E-state index < -0.39 is 0 Å². The summed E-state index contributed by atoms with van der Waals surface area (Å²) < 4.78 is 13.2. The normalized spacial score (nSPS) is 17.9. The molecule has 0 spiro atoms. The van der Waals surface area contributed by atoms with Crippen molar-refractivity contribution in [3.05, 3.63) is 70.0 Å². The minimum Gasteiger partial charge on any atom is -0.348 e. The second-order valence-electron chi connectivity index (χ2n) is 6.68. The van der Waals surface area contributed by atoms with Gasteiger partial charge in [0.1, 0.15) is 5.82 Å². The molecule has 1 amide bonds. The van der Waals surface area contributed by atoms with Crippen molar-refractivity contribution in [3.8, 4) is 0 Å². The smallest absolute Gasteiger partial charge is 0.251 e. The Morgan fingerprint density at radius 1 is 1.27 bits per heavy atom. The average molecular weight is 376 g/mol. The molecule has 138 valence electrons. The number of nitrogens with one attached hydrogen (secondary N) is 1. The van der Waals surface area contributed by atoms with Crippen LogP contribution >= 0.6 is 11.6 Å². The maximum atomic E-state index is 13.2. The lowest BCUT2D eigenvalue weighted by Crippen LogP contribution is -2.47. The molecule has 1 unspecified atom stereocenters. The van der Waals surface area contributed by atoms with Crippen LogP contribution in [-0.2, 0) is 13.1 Å². The Bertz CT molecular complexity index is 766. The molecule has 0 aliphatic carbocycles. The Hall–Kier alpha value is -1.95. The molecule has 0 radical (unpaired) electrons. The summed E-state index contributed by atoms with van der Waals surface area (Å²) in [5.41, 5.74) is 8.13. The van der Waals surface area contributed by atoms with E-state index in [9.17, 15) is 9.18 Å². The lowest BCUT2D eigenvalue weighted by molar-refractivity contribution is 0.0900. The highest BCUT2D eigenvalue weighted by atomic mass is 35.5. The van der Waals surface area contributed by atoms with Gasteiger partial charge in [0.2, 0.25) is 0 Å². The lowest BCUT2D eigenvalue weighted by Gasteiger charge is -2.33. The Labute approximate surface area is 158 Å². The summed E-state index contributed by atoms with van der Waals surface area (Å²) in [5.74, 6) is -0.400. The first-order chi connectivity index (χ1) is 12.5. The summed E-state index contributed by atoms with van der Waals surface area (Å²) in [5, 5.41) is 3.55. The number of piperidine rings is 1. The second-order valence-corrected chi connectivity index (χ2v) is 7.09. The largest absolute Gasteiger partial charge is 0.348 e. The molecule has 1 aliphatic rings. The molecule has 0 bridgehead atoms. The summed E-state index contributed by atoms with van der Waals surface area (Å²) >= 11 is 6.13. The molecule has 1 saturated heterocycles. The summed E-state index contributed by atoms with van der Waals surface area (Å²) in [4.78, 5) is 14.7. The fourth-order valence-electron chi connectivity index (χ4n) is 3.27. The number of nitrogens with zero attached hydrogens (tertiary/aromatic N) is 1. The zero-order valence-electron chi connectivity index (χ0n) is 14.6. The van der Waals surface area contributed by atoms with E-state index in [1.54, 1.807) is 18.2 Å². The van der Waals surface area contributed by atoms with Crippen molar-refractivity contribution in [2.24, 2.45) is 5.73 Å². The highest BCUT2D eigenvalue weighted by Crippen LogP contribution is 2.21. The summed E-state index contributed by atoms with van der Waals surface area (Å²) in [6.07, 6.45) is 1.94. The fourth-order valence-corrected chi connectivity index (χ4v) is 3.50. The second kappa shape index (κ2) is 8.62. The molecular formula is C20H23ClFN3O. The molecule has 0 saturated carbocycles. The van der Waals surface area contributed by atoms with Gasteiger partial charge in [-0.05, 0) is 54.8 Å². The first-order valence-electron chi connectivity index (χ1n) is 8.81. The van der Waals surface area contributed by atoms with Gasteiger partial charge >= 0.3 is 0 Å². The number of likely N-dealkylation sites (tertiary alicyclic amines) is 1. The van der Waals surface area contributed by atoms with Gasteiger partial charge in [-0.3, -0.25) is 9.69 Å². The molecule has 2 aromatic rings. The van der Waals surface area contributed by atoms with Crippen LogP contribution in [0.5, 0.6) is 0 Å². The van der Waals surface area contributed by atoms with Crippen LogP contribution in [0.1, 0.15) is 34.3 Å². The molecule has 1 aliphatic heterocycles. The van der Waals surface area contributed by atoms with E-state index in [0.717, 1.165) is 37.1 Å². The van der Waals surface area contributed by atoms with Crippen molar-refractivity contribution < 1.29 is 9.18 Å². The average Bonchev–Trinajstić information content (AvgIpc) is 2.64. The van der Waals surface area contributed by atoms with Crippen LogP contribution in [0.25, 0.3) is 0 Å². The minimum atomic E-state index is -0.330. The van der Waals surface area contributed by atoms with E-state index >= 15 is 0 Å². The number of benzene rings is 2. The van der Waals surface area contributed by atoms with Gasteiger partial charge in [-0.2, -0.15) is 0 Å². The highest BCUT2D eigenvalue weighted by Gasteiger charge is 2.22. The van der Waals surface area contributed by atoms with E-state index in [-0.39, 0.29) is 17.8 Å². The first-order valence-corrected chi connectivity index (χ1v) is 9.19. The third-order valence-corrected chi connectivity index (χ3v) is 5.05. The molecule has 3 rings (SSSR count). The van der Waals surface area contributed by atoms with E-state index in [2.05, 4.69) is 10.2 Å². The summed E-state index contributed by atoms with van der Waals surface area (Å²) in [6.45, 7) is 2.80. The van der Waals surface area contributed by atoms with Gasteiger partial charge in [0, 0.05) is 36.3 Å². The molecule has 0 aromatic heterocycles. The quantitative estimate of drug-likeness (QED) is 0.842. The zero-order valence-corrected chi connectivity index (χ0v) is 15.3. The number of halogens is 2. The number of amides is 1. The van der Waals surface area contributed by atoms with E-state index in [1.165, 1.54) is 12.1 Å². The standard InChI is InChI=1S/C20H23ClFN3O/c21-19-10-17(22)8-7-16(19)12-25-9-1-2-18(13-25)24-20(26)15-5-3-14(11-23)4-6-15/h3-8,10,18H,1-2,9,11-13,23H2,(H,24,26). The SMILES string of the molecule is NCc1ccc(C(=O)NC2CCCN(Cc3ccc(F)cc3Cl)C2)cc1. The first kappa shape index (κ1) is 18.8. The Balaban J connectivity index is 1.58. The van der Waals surface area contributed by atoms with Crippen LogP contribution in [0.2, 0.25) is 5.02 Å². The van der Waals surface area contributed by atoms with E-state index in [0.29, 0.717) is 23.7 Å². The maximum Gasteiger partial charge on any atom is 0.251 e. The lowest BCUT2D eigenvalue weighted by atomic mass is 10.0. The van der Waals surface area contributed by atoms with Crippen molar-refractivity contribution in [1.82, 2.24) is 10.2 Å². The third-order valence-electron chi connectivity index (χ3n) is 4.70. The monoisotopic (exact) mass is 375 g/mol. The van der Waals surface area contributed by atoms with Crippen molar-refractivity contribution in [1.29, 1.82) is 0 Å². The zero-order chi connectivity index (χ0) is 18.5. The molecular weight excluding hydrogens is 353 g/mol. The number of carbonyl (C=O) groups is 1. The van der Waals surface area contributed by atoms with Crippen LogP contribution in [0.3, 0.4) is 0 Å². The summed E-state index contributed by atoms with van der Waals surface area (Å²) in [6, 6.07) is 11.9. The van der Waals surface area contributed by atoms with Gasteiger partial charge in [0.15, 0.2) is 0 Å². The third kappa shape index (κ3) is 4.81. The highest BCUT2D eigenvalue weighted by molar-refractivity contribution is 6.31. The fraction of sp³-hybridized carbons (Fsp3) is 0.350. The number of carbonyl (C=O) groups excluding carboxylic acids is 1. The molecule has 1 fully saturated rings. The molecule has 3 N–H and O–H groups in total. The topological polar surface area (TPSA) is 58.4 Å². The van der Waals surface area contributed by atoms with Gasteiger partial charge in [0.05, 0.1) is 0 Å². The van der Waals surface area contributed by atoms with Crippen molar-refractivity contribution in [3.63, 3.8) is 0 Å². The number of hydrogen-bond acceptors (Lipinski definition) is 3. The van der Waals surface area contributed by atoms with Crippen LogP contribution in [0, 0.1) is 5.82 Å². The van der Waals surface area contributed by atoms with Gasteiger partial charge in [-0.1, -0.05) is 29.8 Å². The van der Waals surface area contributed by atoms with Gasteiger partial charge in [0.25, 0.3) is 5.91 Å².